The van der Waals surface area contributed by atoms with Crippen LogP contribution in [-0.2, 0) is 32.0 Å². The number of piperidine rings is 1. The molecule has 2 unspecified atom stereocenters. The number of nitrogens with zero attached hydrogens (tertiary/aromatic N) is 2. The van der Waals surface area contributed by atoms with Gasteiger partial charge in [-0.15, -0.1) is 0 Å². The van der Waals surface area contributed by atoms with Crippen LogP contribution in [0.5, 0.6) is 11.5 Å². The maximum atomic E-state index is 13.3. The number of benzene rings is 3. The Kier molecular flexibility index (Phi) is 13.7. The van der Waals surface area contributed by atoms with Crippen molar-refractivity contribution in [1.29, 1.82) is 0 Å². The summed E-state index contributed by atoms with van der Waals surface area (Å²) >= 11 is 0. The Bertz CT molecular complexity index is 1380. The molecular weight excluding hydrogens is 588 g/mol. The minimum absolute atomic E-state index is 0.0625. The monoisotopic (exact) mass is 634 g/mol. The van der Waals surface area contributed by atoms with Gasteiger partial charge in [-0.2, -0.15) is 0 Å². The highest BCUT2D eigenvalue weighted by Gasteiger charge is 2.34. The molecule has 2 amide bonds. The van der Waals surface area contributed by atoms with Gasteiger partial charge in [0.2, 0.25) is 0 Å². The van der Waals surface area contributed by atoms with Gasteiger partial charge in [0.25, 0.3) is 5.91 Å². The first-order valence-corrected chi connectivity index (χ1v) is 15.8. The third-order valence-corrected chi connectivity index (χ3v) is 8.23. The van der Waals surface area contributed by atoms with Crippen LogP contribution in [0.1, 0.15) is 41.9 Å². The van der Waals surface area contributed by atoms with Crippen LogP contribution in [0.4, 0.5) is 10.5 Å². The summed E-state index contributed by atoms with van der Waals surface area (Å²) in [7, 11) is 5.07. The van der Waals surface area contributed by atoms with E-state index in [4.69, 9.17) is 23.7 Å². The molecule has 3 aromatic rings. The van der Waals surface area contributed by atoms with Crippen molar-refractivity contribution in [2.45, 2.75) is 44.3 Å². The van der Waals surface area contributed by atoms with Gasteiger partial charge in [0.15, 0.2) is 0 Å². The molecule has 2 atom stereocenters. The summed E-state index contributed by atoms with van der Waals surface area (Å²) in [5.41, 5.74) is 3.92. The highest BCUT2D eigenvalue weighted by atomic mass is 16.5. The standard InChI is InChI=1S/C36H46N2O8/c1-37(32-13-6-4-10-28(32)12-8-21-42-2)35(39)26-46-34-24-38(36(40)41)20-19-31(34)27-15-17-30(18-16-27)45-23-9-22-44-25-29-11-5-7-14-33(29)43-3/h4-7,10-11,13-18,31,34H,8-9,12,19-26H2,1-3H3,(H,40,41). The minimum atomic E-state index is -0.990. The summed E-state index contributed by atoms with van der Waals surface area (Å²) < 4.78 is 28.4. The lowest BCUT2D eigenvalue weighted by atomic mass is 9.87. The lowest BCUT2D eigenvalue weighted by molar-refractivity contribution is -0.126. The average molecular weight is 635 g/mol. The molecule has 10 nitrogen and oxygen atoms in total. The minimum Gasteiger partial charge on any atom is -0.496 e. The van der Waals surface area contributed by atoms with E-state index in [0.717, 1.165) is 53.1 Å². The number of ether oxygens (including phenoxy) is 5. The van der Waals surface area contributed by atoms with Crippen molar-refractivity contribution in [1.82, 2.24) is 4.90 Å². The van der Waals surface area contributed by atoms with E-state index in [0.29, 0.717) is 39.4 Å². The average Bonchev–Trinajstić information content (AvgIpc) is 3.09. The van der Waals surface area contributed by atoms with Crippen LogP contribution in [0.3, 0.4) is 0 Å². The van der Waals surface area contributed by atoms with E-state index in [1.165, 1.54) is 4.90 Å². The fraction of sp³-hybridized carbons (Fsp3) is 0.444. The third kappa shape index (κ3) is 9.94. The van der Waals surface area contributed by atoms with Crippen LogP contribution in [0.25, 0.3) is 0 Å². The SMILES string of the molecule is COCCCc1ccccc1N(C)C(=O)COC1CN(C(=O)O)CCC1c1ccc(OCCCOCc2ccccc2OC)cc1. The predicted molar refractivity (Wildman–Crippen MR) is 176 cm³/mol. The van der Waals surface area contributed by atoms with Gasteiger partial charge in [0, 0.05) is 50.9 Å². The molecular formula is C36H46N2O8. The highest BCUT2D eigenvalue weighted by Crippen LogP contribution is 2.32. The lowest BCUT2D eigenvalue weighted by Crippen LogP contribution is -2.47. The molecule has 248 valence electrons. The van der Waals surface area contributed by atoms with E-state index < -0.39 is 12.2 Å². The smallest absolute Gasteiger partial charge is 0.407 e. The Hall–Kier alpha value is -4.12. The maximum Gasteiger partial charge on any atom is 0.407 e. The van der Waals surface area contributed by atoms with Crippen molar-refractivity contribution in [3.8, 4) is 11.5 Å². The first kappa shape index (κ1) is 34.7. The van der Waals surface area contributed by atoms with E-state index >= 15 is 0 Å². The van der Waals surface area contributed by atoms with Gasteiger partial charge in [0.1, 0.15) is 18.1 Å². The van der Waals surface area contributed by atoms with Crippen molar-refractivity contribution in [2.24, 2.45) is 0 Å². The highest BCUT2D eigenvalue weighted by molar-refractivity contribution is 5.94. The molecule has 1 saturated heterocycles. The summed E-state index contributed by atoms with van der Waals surface area (Å²) in [5, 5.41) is 9.66. The molecule has 0 radical (unpaired) electrons. The number of rotatable bonds is 17. The van der Waals surface area contributed by atoms with Gasteiger partial charge in [-0.1, -0.05) is 48.5 Å². The van der Waals surface area contributed by atoms with Gasteiger partial charge < -0.3 is 38.6 Å². The Morgan fingerprint density at radius 1 is 0.913 bits per heavy atom. The second-order valence-electron chi connectivity index (χ2n) is 11.3. The molecule has 46 heavy (non-hydrogen) atoms. The number of likely N-dealkylation sites (N-methyl/N-ethyl adjacent to an activating group) is 1. The number of carboxylic acid groups (broad SMARTS) is 1. The Morgan fingerprint density at radius 3 is 2.39 bits per heavy atom. The number of methoxy groups -OCH3 is 2. The van der Waals surface area contributed by atoms with Crippen LogP contribution in [0, 0.1) is 0 Å². The van der Waals surface area contributed by atoms with Gasteiger partial charge in [-0.25, -0.2) is 4.79 Å². The molecule has 0 spiro atoms. The van der Waals surface area contributed by atoms with Gasteiger partial charge in [-0.05, 0) is 54.7 Å². The zero-order valence-corrected chi connectivity index (χ0v) is 27.1. The molecule has 1 N–H and O–H groups in total. The van der Waals surface area contributed by atoms with Crippen molar-refractivity contribution < 1.29 is 38.4 Å². The number of carbonyl (C=O) groups is 2. The maximum absolute atomic E-state index is 13.3. The number of para-hydroxylation sites is 2. The number of amides is 2. The Morgan fingerprint density at radius 2 is 1.65 bits per heavy atom. The third-order valence-electron chi connectivity index (χ3n) is 8.23. The van der Waals surface area contributed by atoms with Gasteiger partial charge in [0.05, 0.1) is 39.6 Å². The Balaban J connectivity index is 1.29. The number of likely N-dealkylation sites (tertiary alicyclic amines) is 1. The fourth-order valence-corrected chi connectivity index (χ4v) is 5.67. The molecule has 0 saturated carbocycles. The van der Waals surface area contributed by atoms with Crippen LogP contribution < -0.4 is 14.4 Å². The first-order valence-electron chi connectivity index (χ1n) is 15.8. The number of hydrogen-bond donors (Lipinski definition) is 1. The predicted octanol–water partition coefficient (Wildman–Crippen LogP) is 5.78. The van der Waals surface area contributed by atoms with E-state index in [-0.39, 0.29) is 25.0 Å². The molecule has 1 aliphatic rings. The summed E-state index contributed by atoms with van der Waals surface area (Å²) in [5.74, 6) is 1.30. The lowest BCUT2D eigenvalue weighted by Gasteiger charge is -2.37. The molecule has 10 heteroatoms. The van der Waals surface area contributed by atoms with E-state index in [1.54, 1.807) is 26.2 Å². The second-order valence-corrected chi connectivity index (χ2v) is 11.3. The van der Waals surface area contributed by atoms with E-state index in [2.05, 4.69) is 0 Å². The summed E-state index contributed by atoms with van der Waals surface area (Å²) in [6.45, 7) is 2.63. The summed E-state index contributed by atoms with van der Waals surface area (Å²) in [4.78, 5) is 28.0. The molecule has 1 fully saturated rings. The molecule has 0 aromatic heterocycles. The largest absolute Gasteiger partial charge is 0.496 e. The van der Waals surface area contributed by atoms with Crippen LogP contribution >= 0.6 is 0 Å². The summed E-state index contributed by atoms with van der Waals surface area (Å²) in [6, 6.07) is 23.4. The Labute approximate surface area is 271 Å². The number of anilines is 1. The van der Waals surface area contributed by atoms with Crippen molar-refractivity contribution in [3.05, 3.63) is 89.5 Å². The molecule has 3 aromatic carbocycles. The van der Waals surface area contributed by atoms with Gasteiger partial charge in [-0.3, -0.25) is 4.79 Å². The number of carbonyl (C=O) groups excluding carboxylic acids is 1. The summed E-state index contributed by atoms with van der Waals surface area (Å²) in [6.07, 6.45) is 1.51. The topological polar surface area (TPSA) is 107 Å². The molecule has 0 aliphatic carbocycles. The zero-order chi connectivity index (χ0) is 32.7. The quantitative estimate of drug-likeness (QED) is 0.187. The van der Waals surface area contributed by atoms with Gasteiger partial charge >= 0.3 is 6.09 Å². The number of hydrogen-bond acceptors (Lipinski definition) is 7. The fourth-order valence-electron chi connectivity index (χ4n) is 5.67. The molecule has 4 rings (SSSR count). The number of aryl methyl sites for hydroxylation is 1. The normalized spacial score (nSPS) is 16.2. The van der Waals surface area contributed by atoms with Crippen molar-refractivity contribution >= 4 is 17.7 Å². The van der Waals surface area contributed by atoms with Crippen LogP contribution in [-0.4, -0.2) is 88.9 Å². The second kappa shape index (κ2) is 18.1. The van der Waals surface area contributed by atoms with Crippen molar-refractivity contribution in [2.75, 3.05) is 65.7 Å². The molecule has 0 bridgehead atoms. The first-order chi connectivity index (χ1) is 22.4. The zero-order valence-electron chi connectivity index (χ0n) is 27.1. The molecule has 1 heterocycles. The van der Waals surface area contributed by atoms with Crippen LogP contribution in [0.2, 0.25) is 0 Å². The molecule has 1 aliphatic heterocycles. The van der Waals surface area contributed by atoms with E-state index in [9.17, 15) is 14.7 Å². The van der Waals surface area contributed by atoms with Crippen molar-refractivity contribution in [3.63, 3.8) is 0 Å². The van der Waals surface area contributed by atoms with Crippen LogP contribution in [0.15, 0.2) is 72.8 Å². The van der Waals surface area contributed by atoms with E-state index in [1.807, 2.05) is 72.8 Å².